The summed E-state index contributed by atoms with van der Waals surface area (Å²) < 4.78 is 0. The highest BCUT2D eigenvalue weighted by molar-refractivity contribution is 7.12. The second kappa shape index (κ2) is 8.11. The molecule has 202 valence electrons. The zero-order chi connectivity index (χ0) is 28.2. The van der Waals surface area contributed by atoms with Crippen LogP contribution >= 0.6 is 11.3 Å². The van der Waals surface area contributed by atoms with Crippen LogP contribution in [0.3, 0.4) is 0 Å². The minimum atomic E-state index is -0.463. The summed E-state index contributed by atoms with van der Waals surface area (Å²) in [7, 11) is 0. The van der Waals surface area contributed by atoms with Crippen LogP contribution in [0.25, 0.3) is 21.8 Å². The van der Waals surface area contributed by atoms with Crippen molar-refractivity contribution in [1.29, 1.82) is 0 Å². The molecule has 4 heterocycles. The number of fused-ring (bicyclic) bond motifs is 3. The SMILES string of the molecule is Cc1csc2c1[C@]13C[C@H]1CN(C(=O)c1cc4cc(CC(=O)c5cc6cc([N+](=O)[O-])ccc6[nH]5)ccc4[nH]1)C3=CC2=O. The average molecular weight is 563 g/mol. The first-order valence-electron chi connectivity index (χ1n) is 13.3. The van der Waals surface area contributed by atoms with Crippen molar-refractivity contribution in [3.8, 4) is 0 Å². The molecule has 10 heteroatoms. The molecule has 41 heavy (non-hydrogen) atoms. The van der Waals surface area contributed by atoms with Crippen molar-refractivity contribution >= 4 is 56.3 Å². The number of carbonyl (C=O) groups excluding carboxylic acids is 3. The van der Waals surface area contributed by atoms with Crippen LogP contribution in [-0.2, 0) is 11.8 Å². The molecular weight excluding hydrogens is 540 g/mol. The van der Waals surface area contributed by atoms with E-state index in [4.69, 9.17) is 0 Å². The number of nitro benzene ring substituents is 1. The number of non-ortho nitro benzene ring substituents is 1. The van der Waals surface area contributed by atoms with Crippen molar-refractivity contribution in [3.05, 3.63) is 109 Å². The fourth-order valence-corrected chi connectivity index (χ4v) is 7.89. The molecular formula is C31H22N4O5S. The number of hydrogen-bond donors (Lipinski definition) is 2. The summed E-state index contributed by atoms with van der Waals surface area (Å²) in [5.74, 6) is 0.000384. The molecule has 9 nitrogen and oxygen atoms in total. The Morgan fingerprint density at radius 2 is 1.80 bits per heavy atom. The zero-order valence-electron chi connectivity index (χ0n) is 21.8. The molecule has 2 N–H and O–H groups in total. The van der Waals surface area contributed by atoms with Gasteiger partial charge in [0.25, 0.3) is 11.6 Å². The van der Waals surface area contributed by atoms with E-state index in [0.717, 1.165) is 44.6 Å². The van der Waals surface area contributed by atoms with Gasteiger partial charge in [0.2, 0.25) is 0 Å². The number of thiophene rings is 1. The third-order valence-electron chi connectivity index (χ3n) is 8.81. The van der Waals surface area contributed by atoms with Gasteiger partial charge >= 0.3 is 0 Å². The largest absolute Gasteiger partial charge is 0.352 e. The van der Waals surface area contributed by atoms with Gasteiger partial charge in [-0.3, -0.25) is 24.5 Å². The Hall–Kier alpha value is -4.83. The van der Waals surface area contributed by atoms with Gasteiger partial charge in [-0.2, -0.15) is 0 Å². The van der Waals surface area contributed by atoms with Gasteiger partial charge in [-0.05, 0) is 71.7 Å². The molecule has 3 aromatic heterocycles. The molecule has 0 bridgehead atoms. The number of allylic oxidation sites excluding steroid dienone is 2. The Kier molecular flexibility index (Phi) is 4.75. The minimum absolute atomic E-state index is 0.0248. The van der Waals surface area contributed by atoms with Crippen LogP contribution in [0.1, 0.15) is 53.8 Å². The first-order chi connectivity index (χ1) is 19.7. The molecule has 5 aromatic rings. The third-order valence-corrected chi connectivity index (χ3v) is 9.92. The highest BCUT2D eigenvalue weighted by Crippen LogP contribution is 2.68. The molecule has 1 spiro atoms. The second-order valence-electron chi connectivity index (χ2n) is 11.2. The zero-order valence-corrected chi connectivity index (χ0v) is 22.6. The number of amides is 1. The van der Waals surface area contributed by atoms with Gasteiger partial charge in [-0.1, -0.05) is 6.07 Å². The summed E-state index contributed by atoms with van der Waals surface area (Å²) in [6.45, 7) is 2.64. The molecule has 0 unspecified atom stereocenters. The maximum Gasteiger partial charge on any atom is 0.274 e. The van der Waals surface area contributed by atoms with Gasteiger partial charge in [-0.25, -0.2) is 0 Å². The van der Waals surface area contributed by atoms with Gasteiger partial charge in [0.05, 0.1) is 15.5 Å². The molecule has 1 aliphatic heterocycles. The first kappa shape index (κ1) is 24.0. The van der Waals surface area contributed by atoms with Crippen molar-refractivity contribution in [1.82, 2.24) is 14.9 Å². The number of aromatic amines is 2. The molecule has 1 saturated heterocycles. The van der Waals surface area contributed by atoms with Crippen molar-refractivity contribution < 1.29 is 19.3 Å². The topological polar surface area (TPSA) is 129 Å². The molecule has 2 aliphatic carbocycles. The highest BCUT2D eigenvalue weighted by atomic mass is 32.1. The maximum absolute atomic E-state index is 13.7. The minimum Gasteiger partial charge on any atom is -0.352 e. The number of H-pyrrole nitrogens is 2. The van der Waals surface area contributed by atoms with Crippen LogP contribution < -0.4 is 0 Å². The molecule has 8 rings (SSSR count). The maximum atomic E-state index is 13.7. The molecule has 2 fully saturated rings. The number of aryl methyl sites for hydroxylation is 1. The van der Waals surface area contributed by atoms with E-state index in [0.29, 0.717) is 34.8 Å². The van der Waals surface area contributed by atoms with E-state index in [9.17, 15) is 24.5 Å². The quantitative estimate of drug-likeness (QED) is 0.158. The van der Waals surface area contributed by atoms with Crippen molar-refractivity contribution in [2.45, 2.75) is 25.2 Å². The molecule has 0 radical (unpaired) electrons. The molecule has 2 aromatic carbocycles. The average Bonchev–Trinajstić information content (AvgIpc) is 3.40. The number of nitrogens with zero attached hydrogens (tertiary/aromatic N) is 2. The fraction of sp³-hybridized carbons (Fsp3) is 0.194. The molecule has 3 aliphatic rings. The predicted octanol–water partition coefficient (Wildman–Crippen LogP) is 5.85. The summed E-state index contributed by atoms with van der Waals surface area (Å²) >= 11 is 1.50. The third kappa shape index (κ3) is 3.37. The van der Waals surface area contributed by atoms with Crippen LogP contribution in [0.4, 0.5) is 5.69 Å². The standard InChI is InChI=1S/C31H22N4O5S/c1-15-14-41-29-26(37)11-27-31(28(15)29)12-19(31)13-34(27)30(38)24-10-17-6-16(2-4-21(17)33-24)7-25(36)23-9-18-8-20(35(39)40)3-5-22(18)32-23/h2-6,8-11,14,19,32-33H,7,12-13H2,1H3/t19-,31+/m0/s1. The van der Waals surface area contributed by atoms with Gasteiger partial charge in [0, 0.05) is 64.1 Å². The molecule has 1 amide bonds. The summed E-state index contributed by atoms with van der Waals surface area (Å²) in [6.07, 6.45) is 2.77. The Bertz CT molecular complexity index is 2060. The fourth-order valence-electron chi connectivity index (χ4n) is 6.84. The Morgan fingerprint density at radius 3 is 2.61 bits per heavy atom. The first-order valence-corrected chi connectivity index (χ1v) is 14.2. The summed E-state index contributed by atoms with van der Waals surface area (Å²) in [6, 6.07) is 13.5. The highest BCUT2D eigenvalue weighted by Gasteiger charge is 2.68. The monoisotopic (exact) mass is 562 g/mol. The lowest BCUT2D eigenvalue weighted by Crippen LogP contribution is -2.33. The lowest BCUT2D eigenvalue weighted by atomic mass is 9.84. The van der Waals surface area contributed by atoms with Crippen molar-refractivity contribution in [2.24, 2.45) is 5.92 Å². The van der Waals surface area contributed by atoms with E-state index in [2.05, 4.69) is 9.97 Å². The van der Waals surface area contributed by atoms with Gasteiger partial charge in [-0.15, -0.1) is 11.3 Å². The second-order valence-corrected chi connectivity index (χ2v) is 12.1. The summed E-state index contributed by atoms with van der Waals surface area (Å²) in [5.41, 5.74) is 5.87. The number of piperidine rings is 1. The van der Waals surface area contributed by atoms with Crippen LogP contribution in [0, 0.1) is 23.0 Å². The van der Waals surface area contributed by atoms with Crippen molar-refractivity contribution in [3.63, 3.8) is 0 Å². The Balaban J connectivity index is 1.05. The summed E-state index contributed by atoms with van der Waals surface area (Å²) in [4.78, 5) is 59.1. The number of aromatic nitrogens is 2. The number of nitro groups is 1. The Morgan fingerprint density at radius 1 is 1.07 bits per heavy atom. The lowest BCUT2D eigenvalue weighted by Gasteiger charge is -2.28. The van der Waals surface area contributed by atoms with Gasteiger partial charge < -0.3 is 14.9 Å². The van der Waals surface area contributed by atoms with Crippen molar-refractivity contribution in [2.75, 3.05) is 6.54 Å². The molecule has 2 atom stereocenters. The van der Waals surface area contributed by atoms with Crippen LogP contribution in [0.2, 0.25) is 0 Å². The number of ketones is 2. The smallest absolute Gasteiger partial charge is 0.274 e. The number of benzene rings is 2. The number of carbonyl (C=O) groups is 3. The van der Waals surface area contributed by atoms with Gasteiger partial charge in [0.1, 0.15) is 5.69 Å². The normalized spacial score (nSPS) is 20.6. The van der Waals surface area contributed by atoms with Crippen LogP contribution in [0.5, 0.6) is 0 Å². The van der Waals surface area contributed by atoms with Crippen LogP contribution in [0.15, 0.2) is 65.7 Å². The van der Waals surface area contributed by atoms with E-state index in [1.54, 1.807) is 29.2 Å². The Labute approximate surface area is 236 Å². The lowest BCUT2D eigenvalue weighted by molar-refractivity contribution is -0.384. The number of likely N-dealkylation sites (tertiary alicyclic amines) is 1. The van der Waals surface area contributed by atoms with Gasteiger partial charge in [0.15, 0.2) is 11.6 Å². The van der Waals surface area contributed by atoms with E-state index in [-0.39, 0.29) is 35.0 Å². The number of Topliss-reactive ketones (excluding diaryl/α,β-unsaturated/α-hetero) is 1. The molecule has 1 saturated carbocycles. The predicted molar refractivity (Wildman–Crippen MR) is 154 cm³/mol. The number of rotatable bonds is 5. The van der Waals surface area contributed by atoms with E-state index < -0.39 is 4.92 Å². The summed E-state index contributed by atoms with van der Waals surface area (Å²) in [5, 5.41) is 14.5. The number of nitrogens with one attached hydrogen (secondary N) is 2. The number of hydrogen-bond acceptors (Lipinski definition) is 6. The van der Waals surface area contributed by atoms with E-state index >= 15 is 0 Å². The van der Waals surface area contributed by atoms with E-state index in [1.165, 1.54) is 23.5 Å². The van der Waals surface area contributed by atoms with E-state index in [1.807, 2.05) is 30.5 Å². The van der Waals surface area contributed by atoms with Crippen LogP contribution in [-0.4, -0.2) is 43.8 Å².